The van der Waals surface area contributed by atoms with E-state index in [1.54, 1.807) is 0 Å². The number of carbonyl (C=O) groups is 1. The van der Waals surface area contributed by atoms with E-state index in [1.807, 2.05) is 0 Å². The van der Waals surface area contributed by atoms with Gasteiger partial charge in [-0.15, -0.1) is 0 Å². The van der Waals surface area contributed by atoms with Crippen LogP contribution in [0.5, 0.6) is 0 Å². The van der Waals surface area contributed by atoms with Crippen molar-refractivity contribution in [1.29, 1.82) is 0 Å². The molecule has 52 heavy (non-hydrogen) atoms. The average Bonchev–Trinajstić information content (AvgIpc) is 3.11. The Bertz CT molecular complexity index is 1020. The molecule has 1 heterocycles. The number of hydrogen-bond acceptors (Lipinski definition) is 11. The summed E-state index contributed by atoms with van der Waals surface area (Å²) >= 11 is 0. The molecule has 0 aliphatic carbocycles. The second kappa shape index (κ2) is 31.9. The van der Waals surface area contributed by atoms with Gasteiger partial charge in [0.05, 0.1) is 19.8 Å². The van der Waals surface area contributed by atoms with Gasteiger partial charge in [-0.3, -0.25) is 9.35 Å². The molecule has 0 saturated carbocycles. The fraction of sp³-hybridized carbons (Fsp3) is 0.872. The maximum atomic E-state index is 12.7. The SMILES string of the molecule is CCCCC/C=C\C/C=C\CCCCCCCCOCC(COC1OC(CO)C(O)C(OS(=O)(=O)O)C1O)OC(=O)CCCCCCCCCCC. The van der Waals surface area contributed by atoms with Crippen LogP contribution in [0.4, 0.5) is 0 Å². The zero-order valence-electron chi connectivity index (χ0n) is 32.1. The van der Waals surface area contributed by atoms with Crippen molar-refractivity contribution >= 4 is 16.4 Å². The Kier molecular flexibility index (Phi) is 29.8. The first-order valence-corrected chi connectivity index (χ1v) is 21.5. The van der Waals surface area contributed by atoms with Crippen LogP contribution in [-0.4, -0.2) is 97.5 Å². The van der Waals surface area contributed by atoms with Gasteiger partial charge >= 0.3 is 16.4 Å². The summed E-state index contributed by atoms with van der Waals surface area (Å²) in [7, 11) is -5.05. The Labute approximate surface area is 314 Å². The highest BCUT2D eigenvalue weighted by molar-refractivity contribution is 7.80. The van der Waals surface area contributed by atoms with Crippen LogP contribution in [0.1, 0.15) is 155 Å². The van der Waals surface area contributed by atoms with Crippen LogP contribution >= 0.6 is 0 Å². The summed E-state index contributed by atoms with van der Waals surface area (Å²) < 4.78 is 58.7. The summed E-state index contributed by atoms with van der Waals surface area (Å²) in [5.41, 5.74) is 0. The van der Waals surface area contributed by atoms with Crippen molar-refractivity contribution in [2.24, 2.45) is 0 Å². The smallest absolute Gasteiger partial charge is 0.397 e. The molecule has 6 atom stereocenters. The van der Waals surface area contributed by atoms with Gasteiger partial charge in [-0.25, -0.2) is 4.18 Å². The van der Waals surface area contributed by atoms with Crippen LogP contribution in [0.3, 0.4) is 0 Å². The minimum atomic E-state index is -5.05. The van der Waals surface area contributed by atoms with Crippen molar-refractivity contribution in [2.75, 3.05) is 26.4 Å². The number of ether oxygens (including phenoxy) is 4. The van der Waals surface area contributed by atoms with Crippen LogP contribution in [0.15, 0.2) is 24.3 Å². The Morgan fingerprint density at radius 3 is 1.87 bits per heavy atom. The summed E-state index contributed by atoms with van der Waals surface area (Å²) in [5, 5.41) is 30.5. The molecule has 0 amide bonds. The molecule has 0 spiro atoms. The van der Waals surface area contributed by atoms with Gasteiger partial charge in [0.15, 0.2) is 6.29 Å². The fourth-order valence-electron chi connectivity index (χ4n) is 6.00. The molecule has 0 aromatic carbocycles. The van der Waals surface area contributed by atoms with Crippen molar-refractivity contribution in [2.45, 2.75) is 192 Å². The van der Waals surface area contributed by atoms with E-state index in [4.69, 9.17) is 23.5 Å². The lowest BCUT2D eigenvalue weighted by molar-refractivity contribution is -0.301. The van der Waals surface area contributed by atoms with Crippen LogP contribution in [0.25, 0.3) is 0 Å². The van der Waals surface area contributed by atoms with E-state index in [2.05, 4.69) is 42.3 Å². The first kappa shape index (κ1) is 48.6. The molecule has 1 rings (SSSR count). The molecule has 0 radical (unpaired) electrons. The lowest BCUT2D eigenvalue weighted by Gasteiger charge is -2.41. The Hall–Kier alpha value is -1.42. The number of unbranched alkanes of at least 4 members (excludes halogenated alkanes) is 17. The highest BCUT2D eigenvalue weighted by Crippen LogP contribution is 2.26. The zero-order chi connectivity index (χ0) is 38.3. The number of rotatable bonds is 34. The summed E-state index contributed by atoms with van der Waals surface area (Å²) in [6.45, 7) is 3.90. The number of aliphatic hydroxyl groups is 3. The molecule has 6 unspecified atom stereocenters. The number of allylic oxidation sites excluding steroid dienone is 4. The molecule has 4 N–H and O–H groups in total. The molecule has 13 heteroatoms. The minimum absolute atomic E-state index is 0.0313. The zero-order valence-corrected chi connectivity index (χ0v) is 32.9. The lowest BCUT2D eigenvalue weighted by Crippen LogP contribution is -2.60. The molecule has 1 aliphatic heterocycles. The number of hydrogen-bond donors (Lipinski definition) is 4. The Morgan fingerprint density at radius 2 is 1.27 bits per heavy atom. The van der Waals surface area contributed by atoms with Crippen LogP contribution in [0.2, 0.25) is 0 Å². The first-order valence-electron chi connectivity index (χ1n) is 20.1. The van der Waals surface area contributed by atoms with Crippen molar-refractivity contribution in [3.05, 3.63) is 24.3 Å². The molecule has 1 fully saturated rings. The van der Waals surface area contributed by atoms with Gasteiger partial charge in [-0.1, -0.05) is 128 Å². The molecule has 1 saturated heterocycles. The minimum Gasteiger partial charge on any atom is -0.457 e. The van der Waals surface area contributed by atoms with E-state index in [1.165, 1.54) is 70.6 Å². The molecular formula is C39H72O12S. The maximum Gasteiger partial charge on any atom is 0.397 e. The van der Waals surface area contributed by atoms with Crippen LogP contribution in [-0.2, 0) is 38.3 Å². The van der Waals surface area contributed by atoms with Crippen molar-refractivity contribution in [1.82, 2.24) is 0 Å². The molecule has 0 aromatic heterocycles. The van der Waals surface area contributed by atoms with Crippen molar-refractivity contribution in [3.8, 4) is 0 Å². The average molecular weight is 765 g/mol. The van der Waals surface area contributed by atoms with E-state index in [9.17, 15) is 28.5 Å². The van der Waals surface area contributed by atoms with Gasteiger partial charge in [-0.05, 0) is 44.9 Å². The van der Waals surface area contributed by atoms with Gasteiger partial charge < -0.3 is 34.3 Å². The third-order valence-electron chi connectivity index (χ3n) is 9.08. The highest BCUT2D eigenvalue weighted by Gasteiger charge is 2.48. The molecular weight excluding hydrogens is 692 g/mol. The second-order valence-corrected chi connectivity index (χ2v) is 14.9. The first-order chi connectivity index (χ1) is 25.1. The van der Waals surface area contributed by atoms with E-state index < -0.39 is 59.8 Å². The summed E-state index contributed by atoms with van der Waals surface area (Å²) in [5.74, 6) is -0.407. The third kappa shape index (κ3) is 25.6. The summed E-state index contributed by atoms with van der Waals surface area (Å²) in [6, 6.07) is 0. The maximum absolute atomic E-state index is 12.7. The predicted octanol–water partition coefficient (Wildman–Crippen LogP) is 7.29. The number of carbonyl (C=O) groups excluding carboxylic acids is 1. The van der Waals surface area contributed by atoms with Crippen LogP contribution < -0.4 is 0 Å². The lowest BCUT2D eigenvalue weighted by atomic mass is 9.99. The van der Waals surface area contributed by atoms with E-state index in [-0.39, 0.29) is 19.6 Å². The fourth-order valence-corrected chi connectivity index (χ4v) is 6.50. The molecule has 1 aliphatic rings. The molecule has 0 bridgehead atoms. The van der Waals surface area contributed by atoms with E-state index in [0.717, 1.165) is 57.8 Å². The number of esters is 1. The molecule has 0 aromatic rings. The van der Waals surface area contributed by atoms with E-state index >= 15 is 0 Å². The Balaban J connectivity index is 2.47. The van der Waals surface area contributed by atoms with Gasteiger partial charge in [0, 0.05) is 13.0 Å². The van der Waals surface area contributed by atoms with Gasteiger partial charge in [-0.2, -0.15) is 8.42 Å². The predicted molar refractivity (Wildman–Crippen MR) is 202 cm³/mol. The second-order valence-electron chi connectivity index (χ2n) is 13.9. The highest BCUT2D eigenvalue weighted by atomic mass is 32.3. The third-order valence-corrected chi connectivity index (χ3v) is 9.54. The largest absolute Gasteiger partial charge is 0.457 e. The number of aliphatic hydroxyl groups excluding tert-OH is 3. The van der Waals surface area contributed by atoms with Gasteiger partial charge in [0.1, 0.15) is 30.5 Å². The Morgan fingerprint density at radius 1 is 0.731 bits per heavy atom. The monoisotopic (exact) mass is 764 g/mol. The van der Waals surface area contributed by atoms with Crippen LogP contribution in [0, 0.1) is 0 Å². The summed E-state index contributed by atoms with van der Waals surface area (Å²) in [6.07, 6.45) is 23.7. The topological polar surface area (TPSA) is 178 Å². The van der Waals surface area contributed by atoms with Gasteiger partial charge in [0.2, 0.25) is 0 Å². The van der Waals surface area contributed by atoms with Gasteiger partial charge in [0.25, 0.3) is 0 Å². The molecule has 306 valence electrons. The van der Waals surface area contributed by atoms with Crippen molar-refractivity contribution in [3.63, 3.8) is 0 Å². The normalized spacial score (nSPS) is 21.7. The summed E-state index contributed by atoms with van der Waals surface area (Å²) in [4.78, 5) is 12.7. The molecule has 12 nitrogen and oxygen atoms in total. The standard InChI is InChI=1S/C39H72O12S/c1-3-5-7-9-11-13-14-15-16-17-18-19-21-23-25-27-29-47-31-33(49-35(41)28-26-24-22-20-12-10-8-6-4-2)32-48-39-37(43)38(51-52(44,45)46)36(42)34(30-40)50-39/h11,13,15-16,33-34,36-40,42-43H,3-10,12,14,17-32H2,1-2H3,(H,44,45,46)/b13-11-,16-15-. The van der Waals surface area contributed by atoms with E-state index in [0.29, 0.717) is 13.0 Å². The quantitative estimate of drug-likeness (QED) is 0.0223. The van der Waals surface area contributed by atoms with Crippen molar-refractivity contribution < 1.29 is 56.2 Å².